The van der Waals surface area contributed by atoms with Gasteiger partial charge in [0.1, 0.15) is 0 Å². The molecule has 0 aliphatic carbocycles. The van der Waals surface area contributed by atoms with Crippen molar-refractivity contribution < 1.29 is 4.92 Å². The Balaban J connectivity index is 2.23. The first kappa shape index (κ1) is 18.4. The van der Waals surface area contributed by atoms with E-state index in [1.54, 1.807) is 6.07 Å². The molecule has 0 bridgehead atoms. The molecular weight excluding hydrogens is 379 g/mol. The fourth-order valence-corrected chi connectivity index (χ4v) is 3.60. The summed E-state index contributed by atoms with van der Waals surface area (Å²) in [6, 6.07) is 14.2. The predicted octanol–water partition coefficient (Wildman–Crippen LogP) is 5.56. The Bertz CT molecular complexity index is 693. The molecule has 2 rings (SSSR count). The van der Waals surface area contributed by atoms with Gasteiger partial charge >= 0.3 is 0 Å². The molecule has 0 aromatic heterocycles. The van der Waals surface area contributed by atoms with E-state index < -0.39 is 8.72 Å². The van der Waals surface area contributed by atoms with Crippen LogP contribution in [0.5, 0.6) is 0 Å². The highest BCUT2D eigenvalue weighted by atomic mass is 35.6. The molecule has 122 valence electrons. The van der Waals surface area contributed by atoms with E-state index in [1.165, 1.54) is 24.1 Å². The quantitative estimate of drug-likeness (QED) is 0.290. The van der Waals surface area contributed by atoms with E-state index in [0.29, 0.717) is 17.0 Å². The van der Waals surface area contributed by atoms with Crippen LogP contribution in [0.1, 0.15) is 11.1 Å². The van der Waals surface area contributed by atoms with Crippen molar-refractivity contribution in [1.82, 2.24) is 4.31 Å². The Morgan fingerprint density at radius 3 is 2.39 bits per heavy atom. The molecule has 0 spiro atoms. The Morgan fingerprint density at radius 2 is 1.83 bits per heavy atom. The van der Waals surface area contributed by atoms with E-state index in [9.17, 15) is 10.1 Å². The molecule has 2 aromatic rings. The molecule has 0 aliphatic heterocycles. The molecule has 0 atom stereocenters. The van der Waals surface area contributed by atoms with Crippen molar-refractivity contribution >= 4 is 52.4 Å². The lowest BCUT2D eigenvalue weighted by atomic mass is 10.2. The lowest BCUT2D eigenvalue weighted by Crippen LogP contribution is -2.11. The molecule has 0 radical (unpaired) electrons. The van der Waals surface area contributed by atoms with E-state index in [4.69, 9.17) is 34.8 Å². The molecule has 0 unspecified atom stereocenters. The van der Waals surface area contributed by atoms with Gasteiger partial charge in [-0.15, -0.1) is 0 Å². The first-order valence-electron chi connectivity index (χ1n) is 6.56. The fraction of sp³-hybridized carbons (Fsp3) is 0.200. The van der Waals surface area contributed by atoms with Crippen LogP contribution in [0.4, 0.5) is 5.69 Å². The zero-order chi connectivity index (χ0) is 17.0. The highest BCUT2D eigenvalue weighted by molar-refractivity contribution is 7.97. The number of non-ortho nitro benzene ring substituents is 1. The highest BCUT2D eigenvalue weighted by Gasteiger charge is 2.29. The van der Waals surface area contributed by atoms with Crippen LogP contribution in [-0.2, 0) is 10.3 Å². The Hall–Kier alpha value is -0.980. The second-order valence-corrected chi connectivity index (χ2v) is 8.33. The molecule has 2 aromatic carbocycles. The van der Waals surface area contributed by atoms with Crippen LogP contribution in [0.25, 0.3) is 0 Å². The average molecular weight is 392 g/mol. The Labute approximate surface area is 153 Å². The number of benzene rings is 2. The summed E-state index contributed by atoms with van der Waals surface area (Å²) in [6.07, 6.45) is 0. The van der Waals surface area contributed by atoms with Gasteiger partial charge in [0.15, 0.2) is 0 Å². The van der Waals surface area contributed by atoms with Crippen molar-refractivity contribution in [1.29, 1.82) is 0 Å². The summed E-state index contributed by atoms with van der Waals surface area (Å²) >= 11 is 19.3. The molecule has 0 heterocycles. The third kappa shape index (κ3) is 5.26. The van der Waals surface area contributed by atoms with E-state index in [1.807, 2.05) is 41.7 Å². The lowest BCUT2D eigenvalue weighted by Gasteiger charge is -2.20. The molecule has 0 saturated heterocycles. The van der Waals surface area contributed by atoms with Gasteiger partial charge < -0.3 is 0 Å². The SMILES string of the molecule is CN(Cc1ccccc1)Sc1ccc([N+](=O)[O-])cc1C(Cl)(Cl)Cl. The molecule has 0 fully saturated rings. The van der Waals surface area contributed by atoms with Crippen LogP contribution in [0, 0.1) is 10.1 Å². The number of nitro groups is 1. The van der Waals surface area contributed by atoms with Gasteiger partial charge in [-0.3, -0.25) is 10.1 Å². The van der Waals surface area contributed by atoms with Crippen molar-refractivity contribution in [2.75, 3.05) is 7.05 Å². The van der Waals surface area contributed by atoms with E-state index in [0.717, 1.165) is 5.56 Å². The minimum atomic E-state index is -1.73. The Kier molecular flexibility index (Phi) is 6.17. The maximum absolute atomic E-state index is 10.9. The number of halogens is 3. The van der Waals surface area contributed by atoms with Crippen LogP contribution in [-0.4, -0.2) is 16.3 Å². The van der Waals surface area contributed by atoms with Gasteiger partial charge in [0.2, 0.25) is 3.79 Å². The third-order valence-corrected chi connectivity index (χ3v) is 4.59. The van der Waals surface area contributed by atoms with Gasteiger partial charge in [-0.05, 0) is 30.6 Å². The summed E-state index contributed by atoms with van der Waals surface area (Å²) in [4.78, 5) is 11.1. The maximum atomic E-state index is 10.9. The summed E-state index contributed by atoms with van der Waals surface area (Å²) < 4.78 is 0.234. The normalized spacial score (nSPS) is 11.7. The Morgan fingerprint density at radius 1 is 1.17 bits per heavy atom. The van der Waals surface area contributed by atoms with E-state index in [2.05, 4.69) is 0 Å². The highest BCUT2D eigenvalue weighted by Crippen LogP contribution is 2.44. The molecule has 8 heteroatoms. The van der Waals surface area contributed by atoms with Gasteiger partial charge in [0.05, 0.1) is 4.92 Å². The summed E-state index contributed by atoms with van der Waals surface area (Å²) in [5.41, 5.74) is 1.32. The molecular formula is C15H13Cl3N2O2S. The number of hydrogen-bond acceptors (Lipinski definition) is 4. The van der Waals surface area contributed by atoms with E-state index in [-0.39, 0.29) is 5.69 Å². The molecule has 0 amide bonds. The van der Waals surface area contributed by atoms with Gasteiger partial charge in [-0.25, -0.2) is 4.31 Å². The summed E-state index contributed by atoms with van der Waals surface area (Å²) in [7, 11) is 1.90. The number of rotatable bonds is 5. The number of hydrogen-bond donors (Lipinski definition) is 0. The zero-order valence-electron chi connectivity index (χ0n) is 12.1. The minimum Gasteiger partial charge on any atom is -0.258 e. The van der Waals surface area contributed by atoms with Crippen molar-refractivity contribution in [2.24, 2.45) is 0 Å². The standard InChI is InChI=1S/C15H13Cl3N2O2S/c1-19(10-11-5-3-2-4-6-11)23-14-8-7-12(20(21)22)9-13(14)15(16,17)18/h2-9H,10H2,1H3. The summed E-state index contributed by atoms with van der Waals surface area (Å²) in [5.74, 6) is 0. The first-order chi connectivity index (χ1) is 10.8. The zero-order valence-corrected chi connectivity index (χ0v) is 15.2. The molecule has 0 N–H and O–H groups in total. The van der Waals surface area contributed by atoms with Crippen molar-refractivity contribution in [3.8, 4) is 0 Å². The van der Waals surface area contributed by atoms with Crippen LogP contribution in [0.15, 0.2) is 53.4 Å². The number of alkyl halides is 3. The van der Waals surface area contributed by atoms with Gasteiger partial charge in [0, 0.05) is 29.1 Å². The van der Waals surface area contributed by atoms with Gasteiger partial charge in [-0.1, -0.05) is 65.1 Å². The van der Waals surface area contributed by atoms with Gasteiger partial charge in [0.25, 0.3) is 5.69 Å². The molecule has 4 nitrogen and oxygen atoms in total. The number of nitrogens with zero attached hydrogens (tertiary/aromatic N) is 2. The maximum Gasteiger partial charge on any atom is 0.269 e. The monoisotopic (exact) mass is 390 g/mol. The smallest absolute Gasteiger partial charge is 0.258 e. The average Bonchev–Trinajstić information content (AvgIpc) is 2.47. The largest absolute Gasteiger partial charge is 0.269 e. The summed E-state index contributed by atoms with van der Waals surface area (Å²) in [6.45, 7) is 0.682. The van der Waals surface area contributed by atoms with Crippen molar-refractivity contribution in [3.63, 3.8) is 0 Å². The van der Waals surface area contributed by atoms with E-state index >= 15 is 0 Å². The second kappa shape index (κ2) is 7.73. The summed E-state index contributed by atoms with van der Waals surface area (Å²) in [5, 5.41) is 10.9. The number of nitro benzene ring substituents is 1. The van der Waals surface area contributed by atoms with Crippen LogP contribution in [0.2, 0.25) is 0 Å². The van der Waals surface area contributed by atoms with Crippen molar-refractivity contribution in [2.45, 2.75) is 15.2 Å². The second-order valence-electron chi connectivity index (χ2n) is 4.80. The van der Waals surface area contributed by atoms with Crippen molar-refractivity contribution in [3.05, 3.63) is 69.8 Å². The lowest BCUT2D eigenvalue weighted by molar-refractivity contribution is -0.385. The van der Waals surface area contributed by atoms with Crippen LogP contribution < -0.4 is 0 Å². The molecule has 0 aliphatic rings. The van der Waals surface area contributed by atoms with Crippen LogP contribution in [0.3, 0.4) is 0 Å². The van der Waals surface area contributed by atoms with Crippen LogP contribution >= 0.6 is 46.8 Å². The molecule has 0 saturated carbocycles. The predicted molar refractivity (Wildman–Crippen MR) is 96.1 cm³/mol. The fourth-order valence-electron chi connectivity index (χ4n) is 1.97. The molecule has 23 heavy (non-hydrogen) atoms. The minimum absolute atomic E-state index is 0.110. The topological polar surface area (TPSA) is 46.4 Å². The first-order valence-corrected chi connectivity index (χ1v) is 8.47. The van der Waals surface area contributed by atoms with Gasteiger partial charge in [-0.2, -0.15) is 0 Å². The third-order valence-electron chi connectivity index (χ3n) is 2.98.